The summed E-state index contributed by atoms with van der Waals surface area (Å²) in [5.41, 5.74) is 1.49. The highest BCUT2D eigenvalue weighted by atomic mass is 16.5. The van der Waals surface area contributed by atoms with Gasteiger partial charge in [0.05, 0.1) is 24.5 Å². The number of ether oxygens (including phenoxy) is 2. The third-order valence-corrected chi connectivity index (χ3v) is 5.15. The van der Waals surface area contributed by atoms with E-state index in [9.17, 15) is 4.79 Å². The molecule has 0 unspecified atom stereocenters. The molecule has 0 amide bonds. The summed E-state index contributed by atoms with van der Waals surface area (Å²) >= 11 is 0. The predicted molar refractivity (Wildman–Crippen MR) is 87.4 cm³/mol. The number of rotatable bonds is 4. The SMILES string of the molecule is Cc1c(C(=O)OC[C@H]2CC=CC[C@@H]2C)cnn1C1CCOCC1. The number of carbonyl (C=O) groups is 1. The van der Waals surface area contributed by atoms with E-state index < -0.39 is 0 Å². The Hall–Kier alpha value is -1.62. The summed E-state index contributed by atoms with van der Waals surface area (Å²) in [4.78, 5) is 12.4. The van der Waals surface area contributed by atoms with Crippen LogP contribution >= 0.6 is 0 Å². The van der Waals surface area contributed by atoms with Crippen molar-refractivity contribution >= 4 is 5.97 Å². The first kappa shape index (κ1) is 16.2. The highest BCUT2D eigenvalue weighted by Gasteiger charge is 2.24. The Labute approximate surface area is 137 Å². The lowest BCUT2D eigenvalue weighted by Gasteiger charge is -2.25. The molecule has 1 aromatic rings. The van der Waals surface area contributed by atoms with Crippen LogP contribution in [0.25, 0.3) is 0 Å². The molecule has 1 saturated heterocycles. The Kier molecular flexibility index (Phi) is 5.16. The molecule has 1 aliphatic heterocycles. The van der Waals surface area contributed by atoms with Crippen LogP contribution < -0.4 is 0 Å². The van der Waals surface area contributed by atoms with Crippen LogP contribution in [0.4, 0.5) is 0 Å². The van der Waals surface area contributed by atoms with E-state index in [4.69, 9.17) is 9.47 Å². The number of esters is 1. The van der Waals surface area contributed by atoms with Gasteiger partial charge in [0.2, 0.25) is 0 Å². The quantitative estimate of drug-likeness (QED) is 0.631. The monoisotopic (exact) mass is 318 g/mol. The van der Waals surface area contributed by atoms with Crippen LogP contribution in [0.3, 0.4) is 0 Å². The topological polar surface area (TPSA) is 53.3 Å². The zero-order valence-corrected chi connectivity index (χ0v) is 14.0. The molecular formula is C18H26N2O3. The molecule has 3 rings (SSSR count). The van der Waals surface area contributed by atoms with Crippen LogP contribution in [0.1, 0.15) is 54.7 Å². The second kappa shape index (κ2) is 7.30. The van der Waals surface area contributed by atoms with Crippen molar-refractivity contribution in [1.82, 2.24) is 9.78 Å². The second-order valence-corrected chi connectivity index (χ2v) is 6.71. The number of hydrogen-bond acceptors (Lipinski definition) is 4. The van der Waals surface area contributed by atoms with Crippen molar-refractivity contribution in [3.8, 4) is 0 Å². The van der Waals surface area contributed by atoms with Crippen molar-refractivity contribution in [2.45, 2.75) is 45.6 Å². The van der Waals surface area contributed by atoms with Crippen LogP contribution in [-0.4, -0.2) is 35.6 Å². The first-order valence-corrected chi connectivity index (χ1v) is 8.60. The van der Waals surface area contributed by atoms with E-state index in [1.165, 1.54) is 0 Å². The van der Waals surface area contributed by atoms with Gasteiger partial charge in [-0.3, -0.25) is 4.68 Å². The zero-order chi connectivity index (χ0) is 16.2. The van der Waals surface area contributed by atoms with Gasteiger partial charge in [-0.15, -0.1) is 0 Å². The summed E-state index contributed by atoms with van der Waals surface area (Å²) in [7, 11) is 0. The molecule has 0 radical (unpaired) electrons. The Bertz CT molecular complexity index is 573. The molecule has 1 fully saturated rings. The normalized spacial score (nSPS) is 25.5. The predicted octanol–water partition coefficient (Wildman–Crippen LogP) is 3.30. The third-order valence-electron chi connectivity index (χ3n) is 5.15. The number of aromatic nitrogens is 2. The molecule has 5 heteroatoms. The minimum absolute atomic E-state index is 0.248. The summed E-state index contributed by atoms with van der Waals surface area (Å²) < 4.78 is 12.9. The number of carbonyl (C=O) groups excluding carboxylic acids is 1. The first-order valence-electron chi connectivity index (χ1n) is 8.60. The molecule has 126 valence electrons. The number of allylic oxidation sites excluding steroid dienone is 2. The average molecular weight is 318 g/mol. The molecule has 0 bridgehead atoms. The van der Waals surface area contributed by atoms with Crippen molar-refractivity contribution in [2.24, 2.45) is 11.8 Å². The first-order chi connectivity index (χ1) is 11.2. The molecule has 23 heavy (non-hydrogen) atoms. The average Bonchev–Trinajstić information content (AvgIpc) is 2.96. The molecule has 0 aromatic carbocycles. The highest BCUT2D eigenvalue weighted by molar-refractivity contribution is 5.90. The van der Waals surface area contributed by atoms with E-state index in [0.717, 1.165) is 44.6 Å². The summed E-state index contributed by atoms with van der Waals surface area (Å²) in [5, 5.41) is 4.42. The standard InChI is InChI=1S/C18H26N2O3/c1-13-5-3-4-6-15(13)12-23-18(21)17-11-19-20(14(17)2)16-7-9-22-10-8-16/h3-4,11,13,15-16H,5-10,12H2,1-2H3/t13-,15+/m0/s1. The minimum atomic E-state index is -0.248. The molecule has 0 saturated carbocycles. The van der Waals surface area contributed by atoms with Gasteiger partial charge < -0.3 is 9.47 Å². The highest BCUT2D eigenvalue weighted by Crippen LogP contribution is 2.26. The number of nitrogens with zero attached hydrogens (tertiary/aromatic N) is 2. The Balaban J connectivity index is 1.61. The van der Waals surface area contributed by atoms with Crippen LogP contribution in [0.15, 0.2) is 18.3 Å². The molecule has 0 spiro atoms. The van der Waals surface area contributed by atoms with Gasteiger partial charge in [-0.1, -0.05) is 19.1 Å². The van der Waals surface area contributed by atoms with E-state index in [2.05, 4.69) is 24.2 Å². The van der Waals surface area contributed by atoms with Gasteiger partial charge in [-0.25, -0.2) is 4.79 Å². The van der Waals surface area contributed by atoms with E-state index in [1.54, 1.807) is 6.20 Å². The van der Waals surface area contributed by atoms with E-state index in [1.807, 2.05) is 11.6 Å². The largest absolute Gasteiger partial charge is 0.462 e. The Morgan fingerprint density at radius 1 is 1.35 bits per heavy atom. The van der Waals surface area contributed by atoms with Crippen LogP contribution in [0, 0.1) is 18.8 Å². The minimum Gasteiger partial charge on any atom is -0.462 e. The lowest BCUT2D eigenvalue weighted by Crippen LogP contribution is -2.23. The summed E-state index contributed by atoms with van der Waals surface area (Å²) in [6.07, 6.45) is 10.0. The van der Waals surface area contributed by atoms with E-state index in [0.29, 0.717) is 30.0 Å². The molecule has 1 aromatic heterocycles. The lowest BCUT2D eigenvalue weighted by atomic mass is 9.85. The molecule has 0 N–H and O–H groups in total. The van der Waals surface area contributed by atoms with Crippen LogP contribution in [-0.2, 0) is 9.47 Å². The second-order valence-electron chi connectivity index (χ2n) is 6.71. The third kappa shape index (κ3) is 3.66. The molecule has 2 heterocycles. The van der Waals surface area contributed by atoms with Crippen LogP contribution in [0.5, 0.6) is 0 Å². The summed E-state index contributed by atoms with van der Waals surface area (Å²) in [6.45, 7) is 6.18. The maximum atomic E-state index is 12.4. The Morgan fingerprint density at radius 2 is 2.09 bits per heavy atom. The molecule has 2 atom stereocenters. The summed E-state index contributed by atoms with van der Waals surface area (Å²) in [6, 6.07) is 0.328. The fourth-order valence-electron chi connectivity index (χ4n) is 3.42. The fourth-order valence-corrected chi connectivity index (χ4v) is 3.42. The molecule has 5 nitrogen and oxygen atoms in total. The lowest BCUT2D eigenvalue weighted by molar-refractivity contribution is 0.0393. The van der Waals surface area contributed by atoms with Crippen molar-refractivity contribution in [3.63, 3.8) is 0 Å². The van der Waals surface area contributed by atoms with Gasteiger partial charge >= 0.3 is 5.97 Å². The van der Waals surface area contributed by atoms with E-state index >= 15 is 0 Å². The van der Waals surface area contributed by atoms with Crippen molar-refractivity contribution in [1.29, 1.82) is 0 Å². The van der Waals surface area contributed by atoms with Gasteiger partial charge in [0.1, 0.15) is 5.56 Å². The molecule has 2 aliphatic rings. The number of hydrogen-bond donors (Lipinski definition) is 0. The van der Waals surface area contributed by atoms with Gasteiger partial charge in [-0.2, -0.15) is 5.10 Å². The maximum Gasteiger partial charge on any atom is 0.341 e. The maximum absolute atomic E-state index is 12.4. The fraction of sp³-hybridized carbons (Fsp3) is 0.667. The molecular weight excluding hydrogens is 292 g/mol. The summed E-state index contributed by atoms with van der Waals surface area (Å²) in [5.74, 6) is 0.746. The zero-order valence-electron chi connectivity index (χ0n) is 14.0. The van der Waals surface area contributed by atoms with Gasteiger partial charge in [0.15, 0.2) is 0 Å². The smallest absolute Gasteiger partial charge is 0.341 e. The van der Waals surface area contributed by atoms with E-state index in [-0.39, 0.29) is 5.97 Å². The van der Waals surface area contributed by atoms with Crippen molar-refractivity contribution in [2.75, 3.05) is 19.8 Å². The Morgan fingerprint density at radius 3 is 2.83 bits per heavy atom. The van der Waals surface area contributed by atoms with Crippen LogP contribution in [0.2, 0.25) is 0 Å². The van der Waals surface area contributed by atoms with Crippen molar-refractivity contribution < 1.29 is 14.3 Å². The van der Waals surface area contributed by atoms with Gasteiger partial charge in [0.25, 0.3) is 0 Å². The van der Waals surface area contributed by atoms with Gasteiger partial charge in [-0.05, 0) is 44.4 Å². The van der Waals surface area contributed by atoms with Crippen molar-refractivity contribution in [3.05, 3.63) is 29.6 Å². The molecule has 1 aliphatic carbocycles. The van der Waals surface area contributed by atoms with Gasteiger partial charge in [0, 0.05) is 13.2 Å².